The van der Waals surface area contributed by atoms with Crippen LogP contribution in [0.15, 0.2) is 36.5 Å². The normalized spacial score (nSPS) is 17.1. The van der Waals surface area contributed by atoms with Crippen molar-refractivity contribution in [1.29, 1.82) is 5.26 Å². The second-order valence-electron chi connectivity index (χ2n) is 6.67. The summed E-state index contributed by atoms with van der Waals surface area (Å²) in [6.07, 6.45) is 1.75. The van der Waals surface area contributed by atoms with Crippen LogP contribution in [0.2, 0.25) is 0 Å². The van der Waals surface area contributed by atoms with Gasteiger partial charge in [-0.3, -0.25) is 9.59 Å². The Morgan fingerprint density at radius 2 is 2.14 bits per heavy atom. The third kappa shape index (κ3) is 3.91. The smallest absolute Gasteiger partial charge is 0.231 e. The molecule has 1 aromatic heterocycles. The van der Waals surface area contributed by atoms with Gasteiger partial charge in [0, 0.05) is 44.0 Å². The van der Waals surface area contributed by atoms with Gasteiger partial charge in [-0.05, 0) is 24.3 Å². The molecule has 1 saturated heterocycles. The summed E-state index contributed by atoms with van der Waals surface area (Å²) < 4.78 is 10.6. The molecular weight excluding hydrogens is 374 g/mol. The van der Waals surface area contributed by atoms with E-state index in [-0.39, 0.29) is 25.0 Å². The SMILES string of the molecule is N#Cc1cccnc1NCCNC(=O)C1CC(=O)N(c2ccc3c(c2)OCO3)C1. The molecule has 0 aliphatic carbocycles. The second kappa shape index (κ2) is 8.06. The van der Waals surface area contributed by atoms with E-state index in [4.69, 9.17) is 14.7 Å². The number of pyridine rings is 1. The molecule has 2 aliphatic rings. The molecule has 1 unspecified atom stereocenters. The molecule has 2 aliphatic heterocycles. The number of hydrogen-bond acceptors (Lipinski definition) is 7. The largest absolute Gasteiger partial charge is 0.454 e. The van der Waals surface area contributed by atoms with Gasteiger partial charge in [0.05, 0.1) is 11.5 Å². The summed E-state index contributed by atoms with van der Waals surface area (Å²) in [6.45, 7) is 1.26. The molecule has 1 atom stereocenters. The first-order chi connectivity index (χ1) is 14.2. The molecule has 9 nitrogen and oxygen atoms in total. The maximum Gasteiger partial charge on any atom is 0.231 e. The molecule has 0 radical (unpaired) electrons. The number of amides is 2. The van der Waals surface area contributed by atoms with Gasteiger partial charge in [0.15, 0.2) is 11.5 Å². The van der Waals surface area contributed by atoms with E-state index in [1.54, 1.807) is 41.4 Å². The quantitative estimate of drug-likeness (QED) is 0.710. The average Bonchev–Trinajstić information content (AvgIpc) is 3.37. The minimum Gasteiger partial charge on any atom is -0.454 e. The van der Waals surface area contributed by atoms with Crippen LogP contribution >= 0.6 is 0 Å². The lowest BCUT2D eigenvalue weighted by atomic mass is 10.1. The van der Waals surface area contributed by atoms with E-state index >= 15 is 0 Å². The van der Waals surface area contributed by atoms with Gasteiger partial charge in [0.25, 0.3) is 0 Å². The Bertz CT molecular complexity index is 987. The maximum absolute atomic E-state index is 12.5. The zero-order chi connectivity index (χ0) is 20.2. The summed E-state index contributed by atoms with van der Waals surface area (Å²) in [5.74, 6) is 1.03. The van der Waals surface area contributed by atoms with Crippen LogP contribution in [0.5, 0.6) is 11.5 Å². The van der Waals surface area contributed by atoms with Gasteiger partial charge in [0.1, 0.15) is 11.9 Å². The second-order valence-corrected chi connectivity index (χ2v) is 6.67. The molecule has 0 spiro atoms. The average molecular weight is 393 g/mol. The molecular formula is C20H19N5O4. The van der Waals surface area contributed by atoms with E-state index in [0.29, 0.717) is 48.2 Å². The van der Waals surface area contributed by atoms with E-state index < -0.39 is 5.92 Å². The van der Waals surface area contributed by atoms with Gasteiger partial charge in [-0.15, -0.1) is 0 Å². The number of carbonyl (C=O) groups is 2. The van der Waals surface area contributed by atoms with Crippen molar-refractivity contribution in [3.63, 3.8) is 0 Å². The maximum atomic E-state index is 12.5. The van der Waals surface area contributed by atoms with Crippen molar-refractivity contribution in [1.82, 2.24) is 10.3 Å². The Morgan fingerprint density at radius 3 is 3.00 bits per heavy atom. The Kier molecular flexibility index (Phi) is 5.16. The molecule has 0 bridgehead atoms. The van der Waals surface area contributed by atoms with E-state index in [1.165, 1.54) is 0 Å². The highest BCUT2D eigenvalue weighted by Gasteiger charge is 2.35. The minimum absolute atomic E-state index is 0.103. The van der Waals surface area contributed by atoms with Crippen molar-refractivity contribution < 1.29 is 19.1 Å². The first-order valence-corrected chi connectivity index (χ1v) is 9.22. The van der Waals surface area contributed by atoms with Crippen LogP contribution < -0.4 is 25.0 Å². The van der Waals surface area contributed by atoms with Crippen LogP contribution in [0.25, 0.3) is 0 Å². The molecule has 2 amide bonds. The lowest BCUT2D eigenvalue weighted by Crippen LogP contribution is -2.35. The Labute approximate surface area is 167 Å². The highest BCUT2D eigenvalue weighted by atomic mass is 16.7. The number of nitrogens with one attached hydrogen (secondary N) is 2. The molecule has 2 aromatic rings. The standard InChI is InChI=1S/C20H19N5O4/c21-10-13-2-1-5-22-19(13)23-6-7-24-20(27)14-8-18(26)25(11-14)15-3-4-16-17(9-15)29-12-28-16/h1-5,9,14H,6-8,11-12H2,(H,22,23)(H,24,27). The van der Waals surface area contributed by atoms with Gasteiger partial charge in [0.2, 0.25) is 18.6 Å². The molecule has 4 rings (SSSR count). The highest BCUT2D eigenvalue weighted by Crippen LogP contribution is 2.37. The van der Waals surface area contributed by atoms with Crippen LogP contribution in [-0.4, -0.2) is 43.2 Å². The molecule has 1 aromatic carbocycles. The predicted octanol–water partition coefficient (Wildman–Crippen LogP) is 1.26. The minimum atomic E-state index is -0.419. The van der Waals surface area contributed by atoms with Crippen molar-refractivity contribution >= 4 is 23.3 Å². The summed E-state index contributed by atoms with van der Waals surface area (Å²) in [4.78, 5) is 30.6. The number of anilines is 2. The fourth-order valence-electron chi connectivity index (χ4n) is 3.33. The van der Waals surface area contributed by atoms with Gasteiger partial charge in [-0.25, -0.2) is 4.98 Å². The third-order valence-corrected chi connectivity index (χ3v) is 4.81. The molecule has 3 heterocycles. The fourth-order valence-corrected chi connectivity index (χ4v) is 3.33. The lowest BCUT2D eigenvalue weighted by Gasteiger charge is -2.17. The molecule has 2 N–H and O–H groups in total. The van der Waals surface area contributed by atoms with Crippen molar-refractivity contribution in [2.45, 2.75) is 6.42 Å². The fraction of sp³-hybridized carbons (Fsp3) is 0.300. The van der Waals surface area contributed by atoms with Crippen LogP contribution in [0.4, 0.5) is 11.5 Å². The number of rotatable bonds is 6. The number of aromatic nitrogens is 1. The predicted molar refractivity (Wildman–Crippen MR) is 103 cm³/mol. The first kappa shape index (κ1) is 18.6. The molecule has 1 fully saturated rings. The molecule has 148 valence electrons. The summed E-state index contributed by atoms with van der Waals surface area (Å²) in [6, 6.07) is 10.7. The zero-order valence-corrected chi connectivity index (χ0v) is 15.6. The first-order valence-electron chi connectivity index (χ1n) is 9.22. The van der Waals surface area contributed by atoms with Crippen LogP contribution in [0.3, 0.4) is 0 Å². The number of hydrogen-bond donors (Lipinski definition) is 2. The molecule has 0 saturated carbocycles. The van der Waals surface area contributed by atoms with Crippen molar-refractivity contribution in [3.8, 4) is 17.6 Å². The third-order valence-electron chi connectivity index (χ3n) is 4.81. The topological polar surface area (TPSA) is 117 Å². The van der Waals surface area contributed by atoms with Crippen LogP contribution in [0.1, 0.15) is 12.0 Å². The van der Waals surface area contributed by atoms with Crippen molar-refractivity contribution in [2.24, 2.45) is 5.92 Å². The number of benzene rings is 1. The number of ether oxygens (including phenoxy) is 2. The summed E-state index contributed by atoms with van der Waals surface area (Å²) >= 11 is 0. The summed E-state index contributed by atoms with van der Waals surface area (Å²) in [5.41, 5.74) is 1.13. The van der Waals surface area contributed by atoms with Gasteiger partial charge < -0.3 is 25.0 Å². The number of nitriles is 1. The zero-order valence-electron chi connectivity index (χ0n) is 15.6. The van der Waals surface area contributed by atoms with E-state index in [0.717, 1.165) is 0 Å². The molecule has 9 heteroatoms. The van der Waals surface area contributed by atoms with E-state index in [1.807, 2.05) is 0 Å². The van der Waals surface area contributed by atoms with Gasteiger partial charge in [-0.2, -0.15) is 5.26 Å². The van der Waals surface area contributed by atoms with Crippen molar-refractivity contribution in [2.75, 3.05) is 36.6 Å². The lowest BCUT2D eigenvalue weighted by molar-refractivity contribution is -0.126. The summed E-state index contributed by atoms with van der Waals surface area (Å²) in [5, 5.41) is 14.9. The van der Waals surface area contributed by atoms with Crippen LogP contribution in [0, 0.1) is 17.2 Å². The Morgan fingerprint density at radius 1 is 1.28 bits per heavy atom. The number of fused-ring (bicyclic) bond motifs is 1. The highest BCUT2D eigenvalue weighted by molar-refractivity contribution is 6.00. The van der Waals surface area contributed by atoms with E-state index in [2.05, 4.69) is 21.7 Å². The van der Waals surface area contributed by atoms with E-state index in [9.17, 15) is 9.59 Å². The Balaban J connectivity index is 1.29. The Hall–Kier alpha value is -3.80. The number of nitrogens with zero attached hydrogens (tertiary/aromatic N) is 3. The molecule has 29 heavy (non-hydrogen) atoms. The summed E-state index contributed by atoms with van der Waals surface area (Å²) in [7, 11) is 0. The number of carbonyl (C=O) groups excluding carboxylic acids is 2. The van der Waals surface area contributed by atoms with Crippen molar-refractivity contribution in [3.05, 3.63) is 42.1 Å². The monoisotopic (exact) mass is 393 g/mol. The van der Waals surface area contributed by atoms with Crippen LogP contribution in [-0.2, 0) is 9.59 Å². The van der Waals surface area contributed by atoms with Gasteiger partial charge in [-0.1, -0.05) is 0 Å². The van der Waals surface area contributed by atoms with Gasteiger partial charge >= 0.3 is 0 Å².